The Balaban J connectivity index is 1.87. The van der Waals surface area contributed by atoms with Gasteiger partial charge in [-0.05, 0) is 41.3 Å². The number of fused-ring (bicyclic) bond motifs is 1. The predicted molar refractivity (Wildman–Crippen MR) is 77.4 cm³/mol. The fraction of sp³-hybridized carbons (Fsp3) is 0.176. The number of phenols is 1. The largest absolute Gasteiger partial charge is 0.508 e. The van der Waals surface area contributed by atoms with Gasteiger partial charge in [-0.2, -0.15) is 0 Å². The monoisotopic (exact) mass is 268 g/mol. The summed E-state index contributed by atoms with van der Waals surface area (Å²) < 4.78 is 10.7. The van der Waals surface area contributed by atoms with Crippen molar-refractivity contribution in [2.75, 3.05) is 6.79 Å². The van der Waals surface area contributed by atoms with Crippen LogP contribution in [0.15, 0.2) is 49.1 Å². The number of rotatable bonds is 4. The topological polar surface area (TPSA) is 38.7 Å². The van der Waals surface area contributed by atoms with Crippen LogP contribution in [0.1, 0.15) is 16.7 Å². The van der Waals surface area contributed by atoms with Crippen LogP contribution in [0, 0.1) is 0 Å². The smallest absolute Gasteiger partial charge is 0.231 e. The number of hydrogen-bond acceptors (Lipinski definition) is 3. The Labute approximate surface area is 118 Å². The third kappa shape index (κ3) is 2.48. The van der Waals surface area contributed by atoms with Crippen LogP contribution in [-0.2, 0) is 12.8 Å². The molecule has 0 bridgehead atoms. The van der Waals surface area contributed by atoms with Crippen molar-refractivity contribution in [3.05, 3.63) is 65.7 Å². The first-order valence-electron chi connectivity index (χ1n) is 6.56. The van der Waals surface area contributed by atoms with E-state index >= 15 is 0 Å². The summed E-state index contributed by atoms with van der Waals surface area (Å²) in [6.07, 6.45) is 3.32. The van der Waals surface area contributed by atoms with Gasteiger partial charge in [0.1, 0.15) is 5.75 Å². The van der Waals surface area contributed by atoms with E-state index in [0.29, 0.717) is 12.2 Å². The molecule has 1 heterocycles. The quantitative estimate of drug-likeness (QED) is 0.863. The maximum Gasteiger partial charge on any atom is 0.231 e. The van der Waals surface area contributed by atoms with Crippen molar-refractivity contribution < 1.29 is 14.6 Å². The van der Waals surface area contributed by atoms with Crippen LogP contribution >= 0.6 is 0 Å². The fourth-order valence-electron chi connectivity index (χ4n) is 2.34. The van der Waals surface area contributed by atoms with E-state index in [1.54, 1.807) is 6.07 Å². The highest BCUT2D eigenvalue weighted by atomic mass is 16.7. The molecular formula is C17H16O3. The van der Waals surface area contributed by atoms with E-state index < -0.39 is 0 Å². The van der Waals surface area contributed by atoms with Gasteiger partial charge in [0.15, 0.2) is 11.5 Å². The molecule has 20 heavy (non-hydrogen) atoms. The molecule has 3 nitrogen and oxygen atoms in total. The van der Waals surface area contributed by atoms with Crippen LogP contribution in [0.5, 0.6) is 17.2 Å². The van der Waals surface area contributed by atoms with Crippen molar-refractivity contribution >= 4 is 0 Å². The second kappa shape index (κ2) is 5.29. The number of ether oxygens (including phenoxy) is 2. The van der Waals surface area contributed by atoms with Crippen LogP contribution in [-0.4, -0.2) is 11.9 Å². The zero-order valence-corrected chi connectivity index (χ0v) is 11.1. The second-order valence-electron chi connectivity index (χ2n) is 4.82. The van der Waals surface area contributed by atoms with Gasteiger partial charge in [0, 0.05) is 6.42 Å². The Morgan fingerprint density at radius 2 is 1.85 bits per heavy atom. The molecule has 0 saturated carbocycles. The first-order valence-corrected chi connectivity index (χ1v) is 6.56. The van der Waals surface area contributed by atoms with E-state index in [9.17, 15) is 5.11 Å². The van der Waals surface area contributed by atoms with Crippen molar-refractivity contribution in [1.29, 1.82) is 0 Å². The lowest BCUT2D eigenvalue weighted by Gasteiger charge is -2.08. The van der Waals surface area contributed by atoms with Gasteiger partial charge in [-0.3, -0.25) is 0 Å². The van der Waals surface area contributed by atoms with Crippen LogP contribution in [0.2, 0.25) is 0 Å². The molecule has 1 aliphatic rings. The molecule has 102 valence electrons. The normalized spacial score (nSPS) is 12.4. The molecule has 0 unspecified atom stereocenters. The van der Waals surface area contributed by atoms with Crippen molar-refractivity contribution in [2.24, 2.45) is 0 Å². The molecule has 1 N–H and O–H groups in total. The molecule has 2 aromatic rings. The molecule has 0 radical (unpaired) electrons. The first-order chi connectivity index (χ1) is 9.76. The average Bonchev–Trinajstić information content (AvgIpc) is 2.90. The van der Waals surface area contributed by atoms with Gasteiger partial charge >= 0.3 is 0 Å². The molecule has 1 aliphatic heterocycles. The molecule has 3 heteroatoms. The molecule has 3 rings (SSSR count). The highest BCUT2D eigenvalue weighted by molar-refractivity contribution is 5.47. The Bertz CT molecular complexity index is 647. The lowest BCUT2D eigenvalue weighted by molar-refractivity contribution is 0.174. The van der Waals surface area contributed by atoms with Gasteiger partial charge in [-0.15, -0.1) is 6.58 Å². The highest BCUT2D eigenvalue weighted by Crippen LogP contribution is 2.33. The van der Waals surface area contributed by atoms with E-state index in [1.165, 1.54) is 0 Å². The molecule has 2 aromatic carbocycles. The summed E-state index contributed by atoms with van der Waals surface area (Å²) in [6, 6.07) is 11.5. The maximum atomic E-state index is 9.98. The molecule has 0 spiro atoms. The van der Waals surface area contributed by atoms with Crippen molar-refractivity contribution in [3.63, 3.8) is 0 Å². The standard InChI is InChI=1S/C17H16O3/c1-2-3-12-4-6-15(18)14(8-12)9-13-5-7-16-17(10-13)20-11-19-16/h2,4-8,10,18H,1,3,9,11H2. The fourth-order valence-corrected chi connectivity index (χ4v) is 2.34. The maximum absolute atomic E-state index is 9.98. The number of phenolic OH excluding ortho intramolecular Hbond substituents is 1. The second-order valence-corrected chi connectivity index (χ2v) is 4.82. The van der Waals surface area contributed by atoms with Crippen LogP contribution < -0.4 is 9.47 Å². The summed E-state index contributed by atoms with van der Waals surface area (Å²) in [6.45, 7) is 4.02. The summed E-state index contributed by atoms with van der Waals surface area (Å²) in [5, 5.41) is 9.98. The highest BCUT2D eigenvalue weighted by Gasteiger charge is 2.14. The Hall–Kier alpha value is -2.42. The summed E-state index contributed by atoms with van der Waals surface area (Å²) in [7, 11) is 0. The molecule has 0 aliphatic carbocycles. The Morgan fingerprint density at radius 3 is 2.70 bits per heavy atom. The minimum Gasteiger partial charge on any atom is -0.508 e. The van der Waals surface area contributed by atoms with Gasteiger partial charge in [-0.1, -0.05) is 24.3 Å². The molecule has 0 amide bonds. The summed E-state index contributed by atoms with van der Waals surface area (Å²) >= 11 is 0. The minimum atomic E-state index is 0.277. The van der Waals surface area contributed by atoms with Crippen LogP contribution in [0.3, 0.4) is 0 Å². The van der Waals surface area contributed by atoms with Gasteiger partial charge in [0.25, 0.3) is 0 Å². The van der Waals surface area contributed by atoms with E-state index in [4.69, 9.17) is 9.47 Å². The molecule has 0 fully saturated rings. The molecular weight excluding hydrogens is 252 g/mol. The van der Waals surface area contributed by atoms with Gasteiger partial charge < -0.3 is 14.6 Å². The summed E-state index contributed by atoms with van der Waals surface area (Å²) in [5.41, 5.74) is 3.14. The predicted octanol–water partition coefficient (Wildman–Crippen LogP) is 3.44. The van der Waals surface area contributed by atoms with Crippen LogP contribution in [0.25, 0.3) is 0 Å². The number of benzene rings is 2. The zero-order valence-electron chi connectivity index (χ0n) is 11.1. The molecule has 0 saturated heterocycles. The van der Waals surface area contributed by atoms with Gasteiger partial charge in [-0.25, -0.2) is 0 Å². The first kappa shape index (κ1) is 12.6. The molecule has 0 aromatic heterocycles. The minimum absolute atomic E-state index is 0.277. The Morgan fingerprint density at radius 1 is 1.05 bits per heavy atom. The van der Waals surface area contributed by atoms with Crippen molar-refractivity contribution in [1.82, 2.24) is 0 Å². The van der Waals surface area contributed by atoms with Crippen LogP contribution in [0.4, 0.5) is 0 Å². The van der Waals surface area contributed by atoms with E-state index in [0.717, 1.165) is 34.6 Å². The SMILES string of the molecule is C=CCc1ccc(O)c(Cc2ccc3c(c2)OCO3)c1. The molecule has 0 atom stereocenters. The summed E-state index contributed by atoms with van der Waals surface area (Å²) in [5.74, 6) is 1.86. The number of hydrogen-bond donors (Lipinski definition) is 1. The van der Waals surface area contributed by atoms with E-state index in [1.807, 2.05) is 36.4 Å². The van der Waals surface area contributed by atoms with Gasteiger partial charge in [0.05, 0.1) is 0 Å². The van der Waals surface area contributed by atoms with E-state index in [2.05, 4.69) is 6.58 Å². The lowest BCUT2D eigenvalue weighted by atomic mass is 10.0. The van der Waals surface area contributed by atoms with Gasteiger partial charge in [0.2, 0.25) is 6.79 Å². The zero-order chi connectivity index (χ0) is 13.9. The Kier molecular flexibility index (Phi) is 3.33. The number of allylic oxidation sites excluding steroid dienone is 1. The average molecular weight is 268 g/mol. The van der Waals surface area contributed by atoms with Crippen molar-refractivity contribution in [2.45, 2.75) is 12.8 Å². The van der Waals surface area contributed by atoms with Crippen molar-refractivity contribution in [3.8, 4) is 17.2 Å². The third-order valence-corrected chi connectivity index (χ3v) is 3.36. The third-order valence-electron chi connectivity index (χ3n) is 3.36. The van der Waals surface area contributed by atoms with E-state index in [-0.39, 0.29) is 6.79 Å². The lowest BCUT2D eigenvalue weighted by Crippen LogP contribution is -1.93. The summed E-state index contributed by atoms with van der Waals surface area (Å²) in [4.78, 5) is 0. The number of aromatic hydroxyl groups is 1.